The lowest BCUT2D eigenvalue weighted by atomic mass is 10.2. The molecule has 2 heterocycles. The van der Waals surface area contributed by atoms with Crippen LogP contribution in [0.1, 0.15) is 27.3 Å². The molecule has 0 unspecified atom stereocenters. The van der Waals surface area contributed by atoms with Gasteiger partial charge in [0.15, 0.2) is 5.82 Å². The van der Waals surface area contributed by atoms with Gasteiger partial charge in [-0.1, -0.05) is 12.1 Å². The number of thiophene rings is 1. The van der Waals surface area contributed by atoms with Crippen molar-refractivity contribution in [1.82, 2.24) is 9.97 Å². The van der Waals surface area contributed by atoms with Crippen molar-refractivity contribution in [2.24, 2.45) is 5.10 Å². The van der Waals surface area contributed by atoms with Gasteiger partial charge in [0.2, 0.25) is 5.82 Å². The zero-order valence-corrected chi connectivity index (χ0v) is 14.0. The third-order valence-corrected chi connectivity index (χ3v) is 4.54. The average Bonchev–Trinajstić information content (AvgIpc) is 3.09. The Bertz CT molecular complexity index is 1010. The van der Waals surface area contributed by atoms with E-state index in [-0.39, 0.29) is 16.2 Å². The van der Waals surface area contributed by atoms with E-state index in [1.807, 2.05) is 0 Å². The summed E-state index contributed by atoms with van der Waals surface area (Å²) in [6.45, 7) is 1.61. The van der Waals surface area contributed by atoms with Gasteiger partial charge >= 0.3 is 12.1 Å². The summed E-state index contributed by atoms with van der Waals surface area (Å²) in [4.78, 5) is 18.7. The molecule has 26 heavy (non-hydrogen) atoms. The Hall–Kier alpha value is -3.01. The van der Waals surface area contributed by atoms with E-state index >= 15 is 0 Å². The van der Waals surface area contributed by atoms with E-state index in [2.05, 4.69) is 20.5 Å². The van der Waals surface area contributed by atoms with Crippen LogP contribution in [0.15, 0.2) is 41.5 Å². The molecule has 134 valence electrons. The highest BCUT2D eigenvalue weighted by atomic mass is 32.1. The predicted octanol–water partition coefficient (Wildman–Crippen LogP) is 4.24. The molecule has 0 saturated heterocycles. The fourth-order valence-corrected chi connectivity index (χ4v) is 2.92. The topological polar surface area (TPSA) is 87.5 Å². The molecule has 0 aliphatic carbocycles. The van der Waals surface area contributed by atoms with Crippen LogP contribution >= 0.6 is 11.3 Å². The smallest absolute Gasteiger partial charge is 0.451 e. The number of halogens is 3. The monoisotopic (exact) mass is 380 g/mol. The van der Waals surface area contributed by atoms with Crippen LogP contribution in [0.3, 0.4) is 0 Å². The number of alkyl halides is 3. The highest BCUT2D eigenvalue weighted by molar-refractivity contribution is 7.15. The van der Waals surface area contributed by atoms with Crippen molar-refractivity contribution in [1.29, 1.82) is 0 Å². The van der Waals surface area contributed by atoms with Crippen molar-refractivity contribution in [2.75, 3.05) is 5.43 Å². The van der Waals surface area contributed by atoms with Crippen LogP contribution in [0.2, 0.25) is 0 Å². The Morgan fingerprint density at radius 2 is 1.85 bits per heavy atom. The van der Waals surface area contributed by atoms with E-state index in [1.165, 1.54) is 12.1 Å². The number of anilines is 1. The van der Waals surface area contributed by atoms with Crippen molar-refractivity contribution in [3.63, 3.8) is 0 Å². The maximum atomic E-state index is 13.0. The van der Waals surface area contributed by atoms with Crippen LogP contribution in [-0.4, -0.2) is 26.8 Å². The molecule has 3 rings (SSSR count). The number of rotatable bonds is 4. The maximum absolute atomic E-state index is 13.0. The number of nitrogens with zero attached hydrogens (tertiary/aromatic N) is 3. The van der Waals surface area contributed by atoms with Gasteiger partial charge in [0.25, 0.3) is 0 Å². The van der Waals surface area contributed by atoms with Crippen molar-refractivity contribution in [3.05, 3.63) is 52.0 Å². The summed E-state index contributed by atoms with van der Waals surface area (Å²) in [6, 6.07) is 9.27. The number of hydrazone groups is 1. The van der Waals surface area contributed by atoms with E-state index < -0.39 is 18.0 Å². The van der Waals surface area contributed by atoms with Gasteiger partial charge in [-0.05, 0) is 31.2 Å². The Morgan fingerprint density at radius 1 is 1.15 bits per heavy atom. The molecule has 10 heteroatoms. The molecule has 0 atom stereocenters. The quantitative estimate of drug-likeness (QED) is 0.522. The van der Waals surface area contributed by atoms with Crippen molar-refractivity contribution in [2.45, 2.75) is 13.1 Å². The molecule has 0 spiro atoms. The lowest BCUT2D eigenvalue weighted by Crippen LogP contribution is -2.13. The molecule has 0 fully saturated rings. The van der Waals surface area contributed by atoms with Gasteiger partial charge in [0.1, 0.15) is 4.88 Å². The van der Waals surface area contributed by atoms with Crippen LogP contribution < -0.4 is 5.43 Å². The van der Waals surface area contributed by atoms with Gasteiger partial charge in [0.05, 0.1) is 16.1 Å². The van der Waals surface area contributed by atoms with Crippen molar-refractivity contribution in [3.8, 4) is 0 Å². The third kappa shape index (κ3) is 3.64. The second-order valence-electron chi connectivity index (χ2n) is 5.19. The van der Waals surface area contributed by atoms with Crippen LogP contribution in [0, 0.1) is 0 Å². The first-order valence-electron chi connectivity index (χ1n) is 7.23. The molecule has 2 aromatic heterocycles. The first-order chi connectivity index (χ1) is 12.3. The Labute approximate surface area is 149 Å². The number of fused-ring (bicyclic) bond motifs is 1. The van der Waals surface area contributed by atoms with Gasteiger partial charge in [-0.25, -0.2) is 14.8 Å². The number of hydrogen-bond acceptors (Lipinski definition) is 6. The number of para-hydroxylation sites is 1. The summed E-state index contributed by atoms with van der Waals surface area (Å²) < 4.78 is 39.0. The lowest BCUT2D eigenvalue weighted by Gasteiger charge is -2.10. The summed E-state index contributed by atoms with van der Waals surface area (Å²) in [5, 5.41) is 13.4. The molecular weight excluding hydrogens is 369 g/mol. The molecule has 2 N–H and O–H groups in total. The molecule has 3 aromatic rings. The minimum Gasteiger partial charge on any atom is -0.477 e. The summed E-state index contributed by atoms with van der Waals surface area (Å²) in [6.07, 6.45) is -4.69. The third-order valence-electron chi connectivity index (χ3n) is 3.36. The van der Waals surface area contributed by atoms with Crippen molar-refractivity contribution >= 4 is 39.7 Å². The fraction of sp³-hybridized carbons (Fsp3) is 0.125. The highest BCUT2D eigenvalue weighted by Gasteiger charge is 2.35. The van der Waals surface area contributed by atoms with Gasteiger partial charge in [0, 0.05) is 5.39 Å². The van der Waals surface area contributed by atoms with E-state index in [4.69, 9.17) is 5.11 Å². The van der Waals surface area contributed by atoms with Gasteiger partial charge in [-0.3, -0.25) is 5.43 Å². The van der Waals surface area contributed by atoms with Gasteiger partial charge in [-0.15, -0.1) is 11.3 Å². The van der Waals surface area contributed by atoms with Crippen LogP contribution in [0.4, 0.5) is 19.0 Å². The summed E-state index contributed by atoms with van der Waals surface area (Å²) in [7, 11) is 0. The second-order valence-corrected chi connectivity index (χ2v) is 6.27. The summed E-state index contributed by atoms with van der Waals surface area (Å²) in [5.74, 6) is -2.41. The number of aromatic nitrogens is 2. The maximum Gasteiger partial charge on any atom is 0.451 e. The molecule has 0 aliphatic heterocycles. The molecule has 6 nitrogen and oxygen atoms in total. The first kappa shape index (κ1) is 17.8. The number of carboxylic acid groups (broad SMARTS) is 1. The minimum atomic E-state index is -4.69. The number of hydrogen-bond donors (Lipinski definition) is 2. The van der Waals surface area contributed by atoms with Gasteiger partial charge in [-0.2, -0.15) is 18.3 Å². The Kier molecular flexibility index (Phi) is 4.60. The lowest BCUT2D eigenvalue weighted by molar-refractivity contribution is -0.144. The van der Waals surface area contributed by atoms with E-state index in [0.717, 1.165) is 11.3 Å². The average molecular weight is 380 g/mol. The van der Waals surface area contributed by atoms with E-state index in [9.17, 15) is 18.0 Å². The molecule has 1 aromatic carbocycles. The van der Waals surface area contributed by atoms with Crippen molar-refractivity contribution < 1.29 is 23.1 Å². The molecule has 0 amide bonds. The highest BCUT2D eigenvalue weighted by Crippen LogP contribution is 2.30. The SMILES string of the molecule is C/C(=N/Nc1nc(C(F)(F)F)nc2ccccc12)c1ccc(C(=O)O)s1. The molecular formula is C16H11F3N4O2S. The molecule has 0 aliphatic rings. The predicted molar refractivity (Wildman–Crippen MR) is 91.7 cm³/mol. The van der Waals surface area contributed by atoms with E-state index in [1.54, 1.807) is 31.2 Å². The molecule has 0 bridgehead atoms. The number of nitrogens with one attached hydrogen (secondary N) is 1. The largest absolute Gasteiger partial charge is 0.477 e. The second kappa shape index (κ2) is 6.71. The Morgan fingerprint density at radius 3 is 2.50 bits per heavy atom. The van der Waals surface area contributed by atoms with Crippen LogP contribution in [0.5, 0.6) is 0 Å². The normalized spacial score (nSPS) is 12.4. The summed E-state index contributed by atoms with van der Waals surface area (Å²) in [5.41, 5.74) is 3.08. The summed E-state index contributed by atoms with van der Waals surface area (Å²) >= 11 is 1.01. The number of aromatic carboxylic acids is 1. The van der Waals surface area contributed by atoms with Gasteiger partial charge < -0.3 is 5.11 Å². The first-order valence-corrected chi connectivity index (χ1v) is 8.05. The van der Waals surface area contributed by atoms with Crippen LogP contribution in [-0.2, 0) is 6.18 Å². The Balaban J connectivity index is 1.98. The number of carboxylic acids is 1. The zero-order valence-electron chi connectivity index (χ0n) is 13.2. The fourth-order valence-electron chi connectivity index (χ4n) is 2.13. The standard InChI is InChI=1S/C16H11F3N4O2S/c1-8(11-6-7-12(26-11)14(24)25)22-23-13-9-4-2-3-5-10(9)20-15(21-13)16(17,18)19/h2-7H,1H3,(H,24,25)(H,20,21,23)/b22-8-. The number of benzene rings is 1. The number of carbonyl (C=O) groups is 1. The zero-order chi connectivity index (χ0) is 18.9. The van der Waals surface area contributed by atoms with Crippen LogP contribution in [0.25, 0.3) is 10.9 Å². The molecule has 0 saturated carbocycles. The minimum absolute atomic E-state index is 0.0858. The molecule has 0 radical (unpaired) electrons. The van der Waals surface area contributed by atoms with E-state index in [0.29, 0.717) is 16.0 Å².